The summed E-state index contributed by atoms with van der Waals surface area (Å²) in [6, 6.07) is 5.81. The Balaban J connectivity index is 0.000000336. The number of rotatable bonds is 3. The number of hydrogen-bond acceptors (Lipinski definition) is 2. The molecule has 1 aromatic carbocycles. The number of benzene rings is 1. The highest BCUT2D eigenvalue weighted by molar-refractivity contribution is 5.90. The number of carbonyl (C=O) groups is 1. The molecule has 0 fully saturated rings. The molecular formula is C12H18O3. The third-order valence-electron chi connectivity index (χ3n) is 1.84. The summed E-state index contributed by atoms with van der Waals surface area (Å²) in [5.41, 5.74) is -0.0671. The maximum Gasteiger partial charge on any atom is 0.339 e. The fourth-order valence-corrected chi connectivity index (χ4v) is 1.01. The third-order valence-corrected chi connectivity index (χ3v) is 1.84. The van der Waals surface area contributed by atoms with E-state index in [4.69, 9.17) is 10.2 Å². The first kappa shape index (κ1) is 13.5. The molecule has 0 aliphatic heterocycles. The predicted molar refractivity (Wildman–Crippen MR) is 60.3 cm³/mol. The summed E-state index contributed by atoms with van der Waals surface area (Å²) in [5, 5.41) is 17.3. The van der Waals surface area contributed by atoms with Crippen molar-refractivity contribution in [2.24, 2.45) is 0 Å². The molecule has 0 bridgehead atoms. The Kier molecular flexibility index (Phi) is 7.06. The summed E-state index contributed by atoms with van der Waals surface area (Å²) in [6.45, 7) is 4.42. The van der Waals surface area contributed by atoms with Crippen molar-refractivity contribution >= 4 is 5.97 Å². The van der Waals surface area contributed by atoms with Gasteiger partial charge in [-0.3, -0.25) is 0 Å². The van der Waals surface area contributed by atoms with Crippen LogP contribution < -0.4 is 0 Å². The van der Waals surface area contributed by atoms with Crippen molar-refractivity contribution in [3.8, 4) is 5.75 Å². The van der Waals surface area contributed by atoms with E-state index in [1.807, 2.05) is 0 Å². The van der Waals surface area contributed by atoms with E-state index in [0.717, 1.165) is 0 Å². The van der Waals surface area contributed by atoms with E-state index in [1.165, 1.54) is 31.4 Å². The lowest BCUT2D eigenvalue weighted by Gasteiger charge is -1.95. The molecule has 3 heteroatoms. The van der Waals surface area contributed by atoms with Gasteiger partial charge in [0.05, 0.1) is 0 Å². The molecule has 0 spiro atoms. The van der Waals surface area contributed by atoms with Gasteiger partial charge in [0.1, 0.15) is 11.3 Å². The van der Waals surface area contributed by atoms with E-state index in [-0.39, 0.29) is 11.3 Å². The van der Waals surface area contributed by atoms with Crippen LogP contribution in [0, 0.1) is 0 Å². The lowest BCUT2D eigenvalue weighted by atomic mass is 10.2. The van der Waals surface area contributed by atoms with Crippen LogP contribution in [-0.2, 0) is 0 Å². The Morgan fingerprint density at radius 2 is 1.73 bits per heavy atom. The van der Waals surface area contributed by atoms with Crippen LogP contribution in [0.4, 0.5) is 0 Å². The van der Waals surface area contributed by atoms with E-state index in [9.17, 15) is 4.79 Å². The van der Waals surface area contributed by atoms with Gasteiger partial charge < -0.3 is 10.2 Å². The number of unbranched alkanes of at least 4 members (excludes halogenated alkanes) is 2. The van der Waals surface area contributed by atoms with Crippen LogP contribution in [0.25, 0.3) is 0 Å². The molecule has 3 nitrogen and oxygen atoms in total. The maximum absolute atomic E-state index is 10.3. The highest BCUT2D eigenvalue weighted by atomic mass is 16.4. The highest BCUT2D eigenvalue weighted by Gasteiger charge is 2.05. The van der Waals surface area contributed by atoms with Gasteiger partial charge in [0.25, 0.3) is 0 Å². The fourth-order valence-electron chi connectivity index (χ4n) is 1.01. The number of phenols is 1. The minimum absolute atomic E-state index is 0.0671. The smallest absolute Gasteiger partial charge is 0.339 e. The van der Waals surface area contributed by atoms with E-state index in [0.29, 0.717) is 0 Å². The van der Waals surface area contributed by atoms with Crippen LogP contribution in [0.3, 0.4) is 0 Å². The second-order valence-corrected chi connectivity index (χ2v) is 3.18. The SMILES string of the molecule is CCCCC.O=C(O)c1ccccc1O. The van der Waals surface area contributed by atoms with E-state index < -0.39 is 5.97 Å². The molecule has 1 rings (SSSR count). The van der Waals surface area contributed by atoms with Crippen molar-refractivity contribution < 1.29 is 15.0 Å². The summed E-state index contributed by atoms with van der Waals surface area (Å²) < 4.78 is 0. The molecule has 0 unspecified atom stereocenters. The van der Waals surface area contributed by atoms with Crippen molar-refractivity contribution in [2.45, 2.75) is 33.1 Å². The first-order valence-electron chi connectivity index (χ1n) is 5.14. The summed E-state index contributed by atoms with van der Waals surface area (Å²) >= 11 is 0. The normalized spacial score (nSPS) is 8.93. The second kappa shape index (κ2) is 7.85. The van der Waals surface area contributed by atoms with Crippen LogP contribution in [0.15, 0.2) is 24.3 Å². The molecule has 15 heavy (non-hydrogen) atoms. The monoisotopic (exact) mass is 210 g/mol. The molecule has 0 amide bonds. The van der Waals surface area contributed by atoms with Crippen LogP contribution in [-0.4, -0.2) is 16.2 Å². The van der Waals surface area contributed by atoms with Gasteiger partial charge in [-0.1, -0.05) is 45.2 Å². The first-order valence-corrected chi connectivity index (χ1v) is 5.14. The van der Waals surface area contributed by atoms with E-state index >= 15 is 0 Å². The molecule has 0 saturated carbocycles. The molecule has 0 aliphatic rings. The zero-order valence-electron chi connectivity index (χ0n) is 9.23. The molecule has 0 atom stereocenters. The Bertz CT molecular complexity index is 293. The topological polar surface area (TPSA) is 57.5 Å². The first-order chi connectivity index (χ1) is 7.13. The second-order valence-electron chi connectivity index (χ2n) is 3.18. The van der Waals surface area contributed by atoms with E-state index in [1.54, 1.807) is 12.1 Å². The quantitative estimate of drug-likeness (QED) is 0.804. The van der Waals surface area contributed by atoms with Crippen molar-refractivity contribution in [1.29, 1.82) is 0 Å². The molecule has 0 saturated heterocycles. The van der Waals surface area contributed by atoms with Gasteiger partial charge in [0, 0.05) is 0 Å². The van der Waals surface area contributed by atoms with Crippen molar-refractivity contribution in [3.05, 3.63) is 29.8 Å². The molecule has 0 aliphatic carbocycles. The molecule has 84 valence electrons. The van der Waals surface area contributed by atoms with Crippen molar-refractivity contribution in [3.63, 3.8) is 0 Å². The highest BCUT2D eigenvalue weighted by Crippen LogP contribution is 2.14. The Morgan fingerprint density at radius 3 is 2.00 bits per heavy atom. The van der Waals surface area contributed by atoms with Gasteiger partial charge in [0.2, 0.25) is 0 Å². The maximum atomic E-state index is 10.3. The number of carboxylic acid groups (broad SMARTS) is 1. The molecule has 0 aromatic heterocycles. The minimum Gasteiger partial charge on any atom is -0.507 e. The predicted octanol–water partition coefficient (Wildman–Crippen LogP) is 3.29. The minimum atomic E-state index is -1.11. The van der Waals surface area contributed by atoms with Gasteiger partial charge in [0.15, 0.2) is 0 Å². The van der Waals surface area contributed by atoms with Crippen LogP contribution >= 0.6 is 0 Å². The number of aromatic hydroxyl groups is 1. The lowest BCUT2D eigenvalue weighted by Crippen LogP contribution is -1.95. The van der Waals surface area contributed by atoms with Gasteiger partial charge >= 0.3 is 5.97 Å². The zero-order valence-corrected chi connectivity index (χ0v) is 9.23. The largest absolute Gasteiger partial charge is 0.507 e. The van der Waals surface area contributed by atoms with Crippen molar-refractivity contribution in [1.82, 2.24) is 0 Å². The molecule has 0 heterocycles. The third kappa shape index (κ3) is 5.73. The van der Waals surface area contributed by atoms with Crippen LogP contribution in [0.5, 0.6) is 5.75 Å². The number of hydrogen-bond donors (Lipinski definition) is 2. The van der Waals surface area contributed by atoms with Crippen LogP contribution in [0.2, 0.25) is 0 Å². The van der Waals surface area contributed by atoms with Gasteiger partial charge in [-0.2, -0.15) is 0 Å². The van der Waals surface area contributed by atoms with Gasteiger partial charge in [-0.25, -0.2) is 4.79 Å². The summed E-state index contributed by atoms with van der Waals surface area (Å²) in [6.07, 6.45) is 4.08. The summed E-state index contributed by atoms with van der Waals surface area (Å²) in [4.78, 5) is 10.3. The van der Waals surface area contributed by atoms with Crippen molar-refractivity contribution in [2.75, 3.05) is 0 Å². The lowest BCUT2D eigenvalue weighted by molar-refractivity contribution is 0.0694. The average Bonchev–Trinajstić information content (AvgIpc) is 2.20. The van der Waals surface area contributed by atoms with Gasteiger partial charge in [-0.05, 0) is 12.1 Å². The van der Waals surface area contributed by atoms with E-state index in [2.05, 4.69) is 13.8 Å². The summed E-state index contributed by atoms with van der Waals surface area (Å²) in [7, 11) is 0. The summed E-state index contributed by atoms with van der Waals surface area (Å²) in [5.74, 6) is -1.31. The fraction of sp³-hybridized carbons (Fsp3) is 0.417. The molecular weight excluding hydrogens is 192 g/mol. The van der Waals surface area contributed by atoms with Gasteiger partial charge in [-0.15, -0.1) is 0 Å². The standard InChI is InChI=1S/C7H6O3.C5H12/c8-6-4-2-1-3-5(6)7(9)10;1-3-5-4-2/h1-4,8H,(H,9,10);3-5H2,1-2H3. The molecule has 2 N–H and O–H groups in total. The average molecular weight is 210 g/mol. The number of aromatic carboxylic acids is 1. The Labute approximate surface area is 90.4 Å². The van der Waals surface area contributed by atoms with Crippen LogP contribution in [0.1, 0.15) is 43.5 Å². The Hall–Kier alpha value is -1.51. The zero-order chi connectivity index (χ0) is 11.7. The molecule has 1 aromatic rings. The number of carboxylic acids is 1. The number of para-hydroxylation sites is 1. The Morgan fingerprint density at radius 1 is 1.20 bits per heavy atom. The molecule has 0 radical (unpaired) electrons.